The second-order valence-corrected chi connectivity index (χ2v) is 7.15. The number of carbonyl (C=O) groups is 1. The van der Waals surface area contributed by atoms with Gasteiger partial charge in [0.15, 0.2) is 11.5 Å². The molecular formula is C19H22N6O2. The van der Waals surface area contributed by atoms with Gasteiger partial charge in [-0.05, 0) is 45.7 Å². The molecule has 1 aliphatic rings. The summed E-state index contributed by atoms with van der Waals surface area (Å²) in [5.41, 5.74) is 3.49. The van der Waals surface area contributed by atoms with Crippen LogP contribution in [0.5, 0.6) is 0 Å². The van der Waals surface area contributed by atoms with Gasteiger partial charge in [0.2, 0.25) is 0 Å². The van der Waals surface area contributed by atoms with E-state index in [0.29, 0.717) is 24.0 Å². The quantitative estimate of drug-likeness (QED) is 0.708. The van der Waals surface area contributed by atoms with Crippen LogP contribution in [0.15, 0.2) is 28.9 Å². The van der Waals surface area contributed by atoms with E-state index in [0.717, 1.165) is 36.1 Å². The van der Waals surface area contributed by atoms with Crippen molar-refractivity contribution in [2.24, 2.45) is 0 Å². The normalized spacial score (nSPS) is 17.3. The number of hydrogen-bond acceptors (Lipinski definition) is 6. The third-order valence-electron chi connectivity index (χ3n) is 4.78. The molecule has 8 heteroatoms. The van der Waals surface area contributed by atoms with E-state index < -0.39 is 0 Å². The van der Waals surface area contributed by atoms with Crippen LogP contribution in [0.4, 0.5) is 0 Å². The van der Waals surface area contributed by atoms with Crippen molar-refractivity contribution < 1.29 is 9.32 Å². The lowest BCUT2D eigenvalue weighted by atomic mass is 10.0. The zero-order valence-corrected chi connectivity index (χ0v) is 15.7. The molecule has 0 radical (unpaired) electrons. The minimum absolute atomic E-state index is 0.0689. The molecular weight excluding hydrogens is 344 g/mol. The SMILES string of the molecule is Cc1cc(C)cc(C(=O)N2CCC[C@H](n3cc(-c4nc(C)no4)nn3)C2)c1. The van der Waals surface area contributed by atoms with E-state index >= 15 is 0 Å². The summed E-state index contributed by atoms with van der Waals surface area (Å²) in [6.45, 7) is 7.15. The number of aromatic nitrogens is 5. The summed E-state index contributed by atoms with van der Waals surface area (Å²) in [5, 5.41) is 12.1. The second-order valence-electron chi connectivity index (χ2n) is 7.15. The van der Waals surface area contributed by atoms with Crippen molar-refractivity contribution >= 4 is 5.91 Å². The van der Waals surface area contributed by atoms with Crippen molar-refractivity contribution in [3.8, 4) is 11.6 Å². The topological polar surface area (TPSA) is 89.9 Å². The van der Waals surface area contributed by atoms with Gasteiger partial charge in [0.1, 0.15) is 0 Å². The van der Waals surface area contributed by atoms with Crippen molar-refractivity contribution in [2.75, 3.05) is 13.1 Å². The molecule has 8 nitrogen and oxygen atoms in total. The average molecular weight is 366 g/mol. The standard InChI is InChI=1S/C19H22N6O2/c1-12-7-13(2)9-15(8-12)19(26)24-6-4-5-16(10-24)25-11-17(21-23-25)18-20-14(3)22-27-18/h7-9,11,16H,4-6,10H2,1-3H3/t16-/m0/s1. The molecule has 0 spiro atoms. The lowest BCUT2D eigenvalue weighted by molar-refractivity contribution is 0.0671. The Bertz CT molecular complexity index is 956. The highest BCUT2D eigenvalue weighted by Gasteiger charge is 2.27. The molecule has 0 N–H and O–H groups in total. The number of amides is 1. The van der Waals surface area contributed by atoms with Gasteiger partial charge in [-0.15, -0.1) is 5.10 Å². The number of piperidine rings is 1. The van der Waals surface area contributed by atoms with E-state index in [1.54, 1.807) is 11.6 Å². The van der Waals surface area contributed by atoms with Crippen LogP contribution in [-0.4, -0.2) is 49.0 Å². The van der Waals surface area contributed by atoms with Gasteiger partial charge in [0.05, 0.1) is 12.2 Å². The van der Waals surface area contributed by atoms with E-state index in [4.69, 9.17) is 4.52 Å². The van der Waals surface area contributed by atoms with Crippen LogP contribution in [0.1, 0.15) is 46.2 Å². The maximum absolute atomic E-state index is 13.0. The summed E-state index contributed by atoms with van der Waals surface area (Å²) in [6, 6.07) is 6.06. The first-order valence-electron chi connectivity index (χ1n) is 9.09. The van der Waals surface area contributed by atoms with E-state index in [9.17, 15) is 4.79 Å². The number of hydrogen-bond donors (Lipinski definition) is 0. The smallest absolute Gasteiger partial charge is 0.280 e. The zero-order valence-electron chi connectivity index (χ0n) is 15.7. The van der Waals surface area contributed by atoms with Gasteiger partial charge in [-0.2, -0.15) is 4.98 Å². The Hall–Kier alpha value is -3.03. The lowest BCUT2D eigenvalue weighted by Crippen LogP contribution is -2.40. The summed E-state index contributed by atoms with van der Waals surface area (Å²) in [5.74, 6) is 0.986. The Balaban J connectivity index is 1.51. The molecule has 3 heterocycles. The summed E-state index contributed by atoms with van der Waals surface area (Å²) >= 11 is 0. The Morgan fingerprint density at radius 2 is 1.96 bits per heavy atom. The van der Waals surface area contributed by atoms with Crippen LogP contribution in [-0.2, 0) is 0 Å². The number of likely N-dealkylation sites (tertiary alicyclic amines) is 1. The molecule has 1 saturated heterocycles. The largest absolute Gasteiger partial charge is 0.337 e. The molecule has 1 aromatic carbocycles. The Kier molecular flexibility index (Phi) is 4.47. The van der Waals surface area contributed by atoms with Crippen molar-refractivity contribution in [2.45, 2.75) is 39.7 Å². The fraction of sp³-hybridized carbons (Fsp3) is 0.421. The summed E-state index contributed by atoms with van der Waals surface area (Å²) in [4.78, 5) is 19.0. The molecule has 0 bridgehead atoms. The number of carbonyl (C=O) groups excluding carboxylic acids is 1. The monoisotopic (exact) mass is 366 g/mol. The third-order valence-corrected chi connectivity index (χ3v) is 4.78. The summed E-state index contributed by atoms with van der Waals surface area (Å²) in [6.07, 6.45) is 3.68. The van der Waals surface area contributed by atoms with Crippen LogP contribution in [0, 0.1) is 20.8 Å². The first-order valence-corrected chi connectivity index (χ1v) is 9.09. The Labute approximate surface area is 157 Å². The number of nitrogens with zero attached hydrogens (tertiary/aromatic N) is 6. The Morgan fingerprint density at radius 3 is 2.67 bits per heavy atom. The van der Waals surface area contributed by atoms with E-state index in [-0.39, 0.29) is 11.9 Å². The van der Waals surface area contributed by atoms with Crippen LogP contribution >= 0.6 is 0 Å². The predicted molar refractivity (Wildman–Crippen MR) is 98.1 cm³/mol. The summed E-state index contributed by atoms with van der Waals surface area (Å²) in [7, 11) is 0. The lowest BCUT2D eigenvalue weighted by Gasteiger charge is -2.32. The van der Waals surface area contributed by atoms with Crippen molar-refractivity contribution in [3.05, 3.63) is 46.9 Å². The van der Waals surface area contributed by atoms with Gasteiger partial charge in [0, 0.05) is 18.7 Å². The molecule has 0 aliphatic carbocycles. The summed E-state index contributed by atoms with van der Waals surface area (Å²) < 4.78 is 6.95. The van der Waals surface area contributed by atoms with Crippen LogP contribution in [0.25, 0.3) is 11.6 Å². The average Bonchev–Trinajstić information content (AvgIpc) is 3.29. The highest BCUT2D eigenvalue weighted by Crippen LogP contribution is 2.24. The van der Waals surface area contributed by atoms with Crippen molar-refractivity contribution in [1.29, 1.82) is 0 Å². The van der Waals surface area contributed by atoms with Gasteiger partial charge < -0.3 is 9.42 Å². The molecule has 1 aliphatic heterocycles. The molecule has 2 aromatic heterocycles. The molecule has 0 saturated carbocycles. The van der Waals surface area contributed by atoms with E-state index in [2.05, 4.69) is 26.5 Å². The molecule has 1 atom stereocenters. The van der Waals surface area contributed by atoms with Crippen LogP contribution < -0.4 is 0 Å². The van der Waals surface area contributed by atoms with Crippen molar-refractivity contribution in [3.63, 3.8) is 0 Å². The highest BCUT2D eigenvalue weighted by atomic mass is 16.5. The molecule has 1 amide bonds. The van der Waals surface area contributed by atoms with Gasteiger partial charge in [-0.1, -0.05) is 27.6 Å². The first-order chi connectivity index (χ1) is 13.0. The second kappa shape index (κ2) is 6.94. The first kappa shape index (κ1) is 17.4. The Morgan fingerprint density at radius 1 is 1.19 bits per heavy atom. The van der Waals surface area contributed by atoms with E-state index in [1.807, 2.05) is 37.1 Å². The maximum atomic E-state index is 13.0. The number of rotatable bonds is 3. The molecule has 0 unspecified atom stereocenters. The fourth-order valence-corrected chi connectivity index (χ4v) is 3.59. The number of aryl methyl sites for hydroxylation is 3. The highest BCUT2D eigenvalue weighted by molar-refractivity contribution is 5.94. The zero-order chi connectivity index (χ0) is 19.0. The maximum Gasteiger partial charge on any atom is 0.280 e. The molecule has 140 valence electrons. The molecule has 27 heavy (non-hydrogen) atoms. The van der Waals surface area contributed by atoms with Gasteiger partial charge in [0.25, 0.3) is 11.8 Å². The third kappa shape index (κ3) is 3.60. The minimum Gasteiger partial charge on any atom is -0.337 e. The van der Waals surface area contributed by atoms with Gasteiger partial charge in [-0.25, -0.2) is 4.68 Å². The van der Waals surface area contributed by atoms with E-state index in [1.165, 1.54) is 0 Å². The molecule has 4 rings (SSSR count). The fourth-order valence-electron chi connectivity index (χ4n) is 3.59. The molecule has 3 aromatic rings. The number of benzene rings is 1. The predicted octanol–water partition coefficient (Wildman–Crippen LogP) is 2.73. The van der Waals surface area contributed by atoms with Crippen molar-refractivity contribution in [1.82, 2.24) is 30.0 Å². The van der Waals surface area contributed by atoms with Crippen LogP contribution in [0.3, 0.4) is 0 Å². The van der Waals surface area contributed by atoms with Gasteiger partial charge in [-0.3, -0.25) is 4.79 Å². The van der Waals surface area contributed by atoms with Gasteiger partial charge >= 0.3 is 0 Å². The minimum atomic E-state index is 0.0689. The van der Waals surface area contributed by atoms with Crippen LogP contribution in [0.2, 0.25) is 0 Å². The molecule has 1 fully saturated rings.